The van der Waals surface area contributed by atoms with Gasteiger partial charge in [-0.2, -0.15) is 5.10 Å². The summed E-state index contributed by atoms with van der Waals surface area (Å²) in [5, 5.41) is 13.4. The highest BCUT2D eigenvalue weighted by molar-refractivity contribution is 5.94. The molecule has 4 rings (SSSR count). The maximum absolute atomic E-state index is 12.5. The van der Waals surface area contributed by atoms with Gasteiger partial charge in [-0.05, 0) is 55.5 Å². The monoisotopic (exact) mass is 392 g/mol. The number of H-pyrrole nitrogens is 1. The topological polar surface area (TPSA) is 88.3 Å². The van der Waals surface area contributed by atoms with Crippen molar-refractivity contribution in [3.05, 3.63) is 24.4 Å². The molecule has 2 atom stereocenters. The highest BCUT2D eigenvalue weighted by atomic mass is 35.5. The molecule has 146 valence electrons. The second kappa shape index (κ2) is 8.63. The third-order valence-electron chi connectivity index (χ3n) is 5.23. The van der Waals surface area contributed by atoms with Gasteiger partial charge in [0.2, 0.25) is 12.7 Å². The maximum Gasteiger partial charge on any atom is 0.231 e. The lowest BCUT2D eigenvalue weighted by atomic mass is 9.85. The average molecular weight is 393 g/mol. The first-order valence-corrected chi connectivity index (χ1v) is 9.14. The van der Waals surface area contributed by atoms with Crippen LogP contribution in [-0.4, -0.2) is 36.0 Å². The smallest absolute Gasteiger partial charge is 0.231 e. The molecule has 0 saturated carbocycles. The molecule has 0 spiro atoms. The quantitative estimate of drug-likeness (QED) is 0.727. The molecule has 2 aliphatic heterocycles. The highest BCUT2D eigenvalue weighted by Crippen LogP contribution is 2.37. The minimum atomic E-state index is 0. The summed E-state index contributed by atoms with van der Waals surface area (Å²) in [6.45, 7) is 4.48. The van der Waals surface area contributed by atoms with Crippen LogP contribution < -0.4 is 20.1 Å². The average Bonchev–Trinajstić information content (AvgIpc) is 3.30. The van der Waals surface area contributed by atoms with Crippen LogP contribution in [-0.2, 0) is 4.79 Å². The van der Waals surface area contributed by atoms with Gasteiger partial charge in [0.05, 0.1) is 6.20 Å². The lowest BCUT2D eigenvalue weighted by Crippen LogP contribution is -2.34. The van der Waals surface area contributed by atoms with Crippen LogP contribution in [0.25, 0.3) is 11.1 Å². The minimum absolute atomic E-state index is 0. The molecule has 8 heteroatoms. The summed E-state index contributed by atoms with van der Waals surface area (Å²) in [5.41, 5.74) is 1.76. The van der Waals surface area contributed by atoms with Crippen LogP contribution in [0.15, 0.2) is 24.4 Å². The SMILES string of the molecule is CC(CC(=O)Nc1[nH]ncc1-c1ccc2c(c1)OCO2)C1CCCNC1.Cl. The number of carbonyl (C=O) groups excluding carboxylic acids is 1. The van der Waals surface area contributed by atoms with E-state index in [1.54, 1.807) is 6.20 Å². The van der Waals surface area contributed by atoms with Crippen molar-refractivity contribution in [2.45, 2.75) is 26.2 Å². The number of hydrogen-bond acceptors (Lipinski definition) is 5. The van der Waals surface area contributed by atoms with E-state index in [9.17, 15) is 4.79 Å². The Morgan fingerprint density at radius 3 is 3.04 bits per heavy atom. The van der Waals surface area contributed by atoms with E-state index >= 15 is 0 Å². The zero-order chi connectivity index (χ0) is 17.9. The van der Waals surface area contributed by atoms with Crippen molar-refractivity contribution in [3.8, 4) is 22.6 Å². The largest absolute Gasteiger partial charge is 0.454 e. The van der Waals surface area contributed by atoms with Crippen LogP contribution in [0.4, 0.5) is 5.82 Å². The first-order valence-electron chi connectivity index (χ1n) is 9.14. The predicted molar refractivity (Wildman–Crippen MR) is 105 cm³/mol. The van der Waals surface area contributed by atoms with Crippen molar-refractivity contribution in [2.75, 3.05) is 25.2 Å². The summed E-state index contributed by atoms with van der Waals surface area (Å²) >= 11 is 0. The van der Waals surface area contributed by atoms with Gasteiger partial charge in [0.15, 0.2) is 11.5 Å². The molecular weight excluding hydrogens is 368 g/mol. The number of ether oxygens (including phenoxy) is 2. The van der Waals surface area contributed by atoms with Crippen LogP contribution in [0.3, 0.4) is 0 Å². The van der Waals surface area contributed by atoms with E-state index < -0.39 is 0 Å². The molecule has 1 aromatic carbocycles. The van der Waals surface area contributed by atoms with Crippen LogP contribution in [0, 0.1) is 11.8 Å². The fourth-order valence-corrected chi connectivity index (χ4v) is 3.68. The molecule has 1 saturated heterocycles. The van der Waals surface area contributed by atoms with Gasteiger partial charge in [0, 0.05) is 12.0 Å². The number of hydrogen-bond donors (Lipinski definition) is 3. The minimum Gasteiger partial charge on any atom is -0.454 e. The summed E-state index contributed by atoms with van der Waals surface area (Å²) in [5.74, 6) is 2.97. The van der Waals surface area contributed by atoms with E-state index in [-0.39, 0.29) is 25.1 Å². The standard InChI is InChI=1S/C19H24N4O3.ClH/c1-12(14-3-2-6-20-9-14)7-18(24)22-19-15(10-21-23-19)13-4-5-16-17(8-13)26-11-25-16;/h4-5,8,10,12,14,20H,2-3,6-7,9,11H2,1H3,(H2,21,22,23,24);1H. The fraction of sp³-hybridized carbons (Fsp3) is 0.474. The number of rotatable bonds is 5. The molecule has 27 heavy (non-hydrogen) atoms. The molecule has 1 amide bonds. The van der Waals surface area contributed by atoms with Gasteiger partial charge in [-0.15, -0.1) is 12.4 Å². The molecule has 1 fully saturated rings. The van der Waals surface area contributed by atoms with Crippen molar-refractivity contribution in [1.29, 1.82) is 0 Å². The number of aromatic nitrogens is 2. The Bertz CT molecular complexity index is 789. The number of anilines is 1. The second-order valence-electron chi connectivity index (χ2n) is 7.06. The lowest BCUT2D eigenvalue weighted by molar-refractivity contribution is -0.117. The number of halogens is 1. The summed E-state index contributed by atoms with van der Waals surface area (Å²) in [7, 11) is 0. The second-order valence-corrected chi connectivity index (χ2v) is 7.06. The first kappa shape index (κ1) is 19.5. The highest BCUT2D eigenvalue weighted by Gasteiger charge is 2.23. The van der Waals surface area contributed by atoms with Crippen molar-refractivity contribution < 1.29 is 14.3 Å². The normalized spacial score (nSPS) is 19.2. The molecule has 0 bridgehead atoms. The van der Waals surface area contributed by atoms with Gasteiger partial charge in [-0.25, -0.2) is 0 Å². The number of nitrogens with zero attached hydrogens (tertiary/aromatic N) is 1. The number of nitrogens with one attached hydrogen (secondary N) is 3. The maximum atomic E-state index is 12.5. The van der Waals surface area contributed by atoms with Gasteiger partial charge in [0.1, 0.15) is 5.82 Å². The number of fused-ring (bicyclic) bond motifs is 1. The first-order chi connectivity index (χ1) is 12.7. The van der Waals surface area contributed by atoms with E-state index in [2.05, 4.69) is 27.8 Å². The van der Waals surface area contributed by atoms with Gasteiger partial charge >= 0.3 is 0 Å². The van der Waals surface area contributed by atoms with Crippen LogP contribution in [0.5, 0.6) is 11.5 Å². The van der Waals surface area contributed by atoms with Gasteiger partial charge in [-0.3, -0.25) is 9.89 Å². The Morgan fingerprint density at radius 2 is 2.22 bits per heavy atom. The number of amides is 1. The van der Waals surface area contributed by atoms with E-state index in [0.717, 1.165) is 30.0 Å². The Labute approximate surface area is 164 Å². The van der Waals surface area contributed by atoms with Crippen molar-refractivity contribution in [1.82, 2.24) is 15.5 Å². The van der Waals surface area contributed by atoms with Gasteiger partial charge in [-0.1, -0.05) is 13.0 Å². The molecule has 3 N–H and O–H groups in total. The third kappa shape index (κ3) is 4.36. The molecule has 0 radical (unpaired) electrons. The molecular formula is C19H25ClN4O3. The number of carbonyl (C=O) groups is 1. The zero-order valence-electron chi connectivity index (χ0n) is 15.3. The predicted octanol–water partition coefficient (Wildman–Crippen LogP) is 3.19. The van der Waals surface area contributed by atoms with E-state index in [0.29, 0.717) is 29.8 Å². The fourth-order valence-electron chi connectivity index (χ4n) is 3.68. The van der Waals surface area contributed by atoms with E-state index in [1.165, 1.54) is 12.8 Å². The summed E-state index contributed by atoms with van der Waals surface area (Å²) in [4.78, 5) is 12.5. The molecule has 3 heterocycles. The van der Waals surface area contributed by atoms with Gasteiger partial charge in [0.25, 0.3) is 0 Å². The number of piperidine rings is 1. The van der Waals surface area contributed by atoms with Crippen molar-refractivity contribution >= 4 is 24.1 Å². The van der Waals surface area contributed by atoms with E-state index in [4.69, 9.17) is 9.47 Å². The Kier molecular flexibility index (Phi) is 6.23. The van der Waals surface area contributed by atoms with Crippen LogP contribution in [0.2, 0.25) is 0 Å². The summed E-state index contributed by atoms with van der Waals surface area (Å²) < 4.78 is 10.8. The molecule has 2 aliphatic rings. The molecule has 0 aliphatic carbocycles. The zero-order valence-corrected chi connectivity index (χ0v) is 16.1. The molecule has 1 aromatic heterocycles. The third-order valence-corrected chi connectivity index (χ3v) is 5.23. The van der Waals surface area contributed by atoms with Gasteiger partial charge < -0.3 is 20.1 Å². The summed E-state index contributed by atoms with van der Waals surface area (Å²) in [6, 6.07) is 5.71. The number of aromatic amines is 1. The van der Waals surface area contributed by atoms with Crippen molar-refractivity contribution in [3.63, 3.8) is 0 Å². The Balaban J connectivity index is 0.00000210. The lowest BCUT2D eigenvalue weighted by Gasteiger charge is -2.27. The van der Waals surface area contributed by atoms with Crippen LogP contribution >= 0.6 is 12.4 Å². The summed E-state index contributed by atoms with van der Waals surface area (Å²) in [6.07, 6.45) is 4.59. The molecule has 7 nitrogen and oxygen atoms in total. The van der Waals surface area contributed by atoms with Crippen LogP contribution in [0.1, 0.15) is 26.2 Å². The Hall–Kier alpha value is -2.25. The van der Waals surface area contributed by atoms with E-state index in [1.807, 2.05) is 18.2 Å². The van der Waals surface area contributed by atoms with Crippen molar-refractivity contribution in [2.24, 2.45) is 11.8 Å². The molecule has 2 unspecified atom stereocenters. The Morgan fingerprint density at radius 1 is 1.37 bits per heavy atom. The number of benzene rings is 1. The molecule has 2 aromatic rings.